The Morgan fingerprint density at radius 2 is 1.74 bits per heavy atom. The molecule has 0 atom stereocenters. The third-order valence-corrected chi connectivity index (χ3v) is 6.68. The van der Waals surface area contributed by atoms with Crippen LogP contribution in [0.15, 0.2) is 81.7 Å². The standard InChI is InChI=1S/C22H16ClN5OS2/c23-17-10-5-4-9-16(17)21-26-24-19(29-21)14-31-22-27-25-20(18-11-6-12-30-18)28(22)13-15-7-2-1-3-8-15/h1-12H,13-14H2. The van der Waals surface area contributed by atoms with Crippen molar-refractivity contribution in [2.45, 2.75) is 17.5 Å². The predicted molar refractivity (Wildman–Crippen MR) is 123 cm³/mol. The number of nitrogens with zero attached hydrogens (tertiary/aromatic N) is 5. The SMILES string of the molecule is Clc1ccccc1-c1nnc(CSc2nnc(-c3cccs3)n2Cc2ccccc2)o1. The quantitative estimate of drug-likeness (QED) is 0.272. The van der Waals surface area contributed by atoms with E-state index in [1.807, 2.05) is 47.8 Å². The van der Waals surface area contributed by atoms with Gasteiger partial charge in [0.2, 0.25) is 11.8 Å². The van der Waals surface area contributed by atoms with Crippen molar-refractivity contribution in [3.8, 4) is 22.2 Å². The molecule has 5 aromatic rings. The van der Waals surface area contributed by atoms with Crippen LogP contribution in [0.2, 0.25) is 5.02 Å². The van der Waals surface area contributed by atoms with Crippen LogP contribution < -0.4 is 0 Å². The number of thioether (sulfide) groups is 1. The molecular formula is C22H16ClN5OS2. The van der Waals surface area contributed by atoms with Crippen LogP contribution in [-0.2, 0) is 12.3 Å². The average Bonchev–Trinajstić information content (AvgIpc) is 3.55. The largest absolute Gasteiger partial charge is 0.420 e. The Morgan fingerprint density at radius 3 is 2.55 bits per heavy atom. The molecule has 31 heavy (non-hydrogen) atoms. The van der Waals surface area contributed by atoms with Crippen molar-refractivity contribution in [3.63, 3.8) is 0 Å². The van der Waals surface area contributed by atoms with Crippen molar-refractivity contribution in [1.82, 2.24) is 25.0 Å². The van der Waals surface area contributed by atoms with Gasteiger partial charge in [0.1, 0.15) is 0 Å². The van der Waals surface area contributed by atoms with Gasteiger partial charge in [-0.05, 0) is 29.1 Å². The fourth-order valence-corrected chi connectivity index (χ4v) is 4.78. The molecule has 2 aromatic carbocycles. The first kappa shape index (κ1) is 20.0. The molecule has 0 bridgehead atoms. The van der Waals surface area contributed by atoms with E-state index in [4.69, 9.17) is 16.0 Å². The van der Waals surface area contributed by atoms with Crippen LogP contribution in [0.1, 0.15) is 11.5 Å². The van der Waals surface area contributed by atoms with Gasteiger partial charge >= 0.3 is 0 Å². The smallest absolute Gasteiger partial charge is 0.249 e. The topological polar surface area (TPSA) is 69.6 Å². The van der Waals surface area contributed by atoms with E-state index in [0.29, 0.717) is 29.1 Å². The zero-order valence-electron chi connectivity index (χ0n) is 16.2. The molecule has 0 N–H and O–H groups in total. The van der Waals surface area contributed by atoms with Crippen LogP contribution in [0.5, 0.6) is 0 Å². The van der Waals surface area contributed by atoms with Gasteiger partial charge in [-0.25, -0.2) is 0 Å². The van der Waals surface area contributed by atoms with E-state index in [1.54, 1.807) is 17.4 Å². The van der Waals surface area contributed by atoms with Crippen LogP contribution in [0.25, 0.3) is 22.2 Å². The monoisotopic (exact) mass is 465 g/mol. The minimum atomic E-state index is 0.409. The van der Waals surface area contributed by atoms with Gasteiger partial charge in [-0.2, -0.15) is 0 Å². The summed E-state index contributed by atoms with van der Waals surface area (Å²) in [5, 5.41) is 20.6. The molecule has 6 nitrogen and oxygen atoms in total. The molecule has 0 aliphatic carbocycles. The third-order valence-electron chi connectivity index (χ3n) is 4.54. The maximum Gasteiger partial charge on any atom is 0.249 e. The van der Waals surface area contributed by atoms with Gasteiger partial charge in [-0.1, -0.05) is 71.9 Å². The van der Waals surface area contributed by atoms with Crippen molar-refractivity contribution in [2.75, 3.05) is 0 Å². The molecule has 0 spiro atoms. The zero-order chi connectivity index (χ0) is 21.0. The highest BCUT2D eigenvalue weighted by Gasteiger charge is 2.18. The molecule has 0 aliphatic rings. The van der Waals surface area contributed by atoms with Gasteiger partial charge in [0, 0.05) is 0 Å². The van der Waals surface area contributed by atoms with Crippen molar-refractivity contribution in [2.24, 2.45) is 0 Å². The number of halogens is 1. The number of hydrogen-bond donors (Lipinski definition) is 0. The Hall–Kier alpha value is -2.94. The highest BCUT2D eigenvalue weighted by Crippen LogP contribution is 2.31. The molecule has 0 radical (unpaired) electrons. The first-order valence-corrected chi connectivity index (χ1v) is 11.7. The summed E-state index contributed by atoms with van der Waals surface area (Å²) in [7, 11) is 0. The minimum absolute atomic E-state index is 0.409. The van der Waals surface area contributed by atoms with Crippen LogP contribution >= 0.6 is 34.7 Å². The third kappa shape index (κ3) is 4.41. The lowest BCUT2D eigenvalue weighted by atomic mass is 10.2. The van der Waals surface area contributed by atoms with Crippen LogP contribution in [0, 0.1) is 0 Å². The summed E-state index contributed by atoms with van der Waals surface area (Å²) < 4.78 is 7.95. The van der Waals surface area contributed by atoms with E-state index in [1.165, 1.54) is 17.3 Å². The maximum atomic E-state index is 6.24. The average molecular weight is 466 g/mol. The molecule has 3 aromatic heterocycles. The molecule has 0 saturated carbocycles. The van der Waals surface area contributed by atoms with Crippen molar-refractivity contribution < 1.29 is 4.42 Å². The number of hydrogen-bond acceptors (Lipinski definition) is 7. The van der Waals surface area contributed by atoms with Crippen LogP contribution in [-0.4, -0.2) is 25.0 Å². The summed E-state index contributed by atoms with van der Waals surface area (Å²) in [5.41, 5.74) is 1.90. The lowest BCUT2D eigenvalue weighted by Gasteiger charge is -2.09. The number of rotatable bonds is 7. The van der Waals surface area contributed by atoms with Gasteiger partial charge in [0.25, 0.3) is 0 Å². The Labute approximate surface area is 191 Å². The second-order valence-corrected chi connectivity index (χ2v) is 8.92. The molecule has 9 heteroatoms. The Bertz CT molecular complexity index is 1280. The van der Waals surface area contributed by atoms with E-state index in [0.717, 1.165) is 21.4 Å². The molecule has 5 rings (SSSR count). The first-order valence-electron chi connectivity index (χ1n) is 9.49. The van der Waals surface area contributed by atoms with E-state index in [2.05, 4.69) is 43.2 Å². The van der Waals surface area contributed by atoms with E-state index < -0.39 is 0 Å². The van der Waals surface area contributed by atoms with Gasteiger partial charge < -0.3 is 4.42 Å². The summed E-state index contributed by atoms with van der Waals surface area (Å²) >= 11 is 9.40. The first-order chi connectivity index (χ1) is 15.3. The van der Waals surface area contributed by atoms with Crippen molar-refractivity contribution in [3.05, 3.63) is 88.6 Å². The summed E-state index contributed by atoms with van der Waals surface area (Å²) in [4.78, 5) is 1.08. The Morgan fingerprint density at radius 1 is 0.903 bits per heavy atom. The summed E-state index contributed by atoms with van der Waals surface area (Å²) in [6, 6.07) is 21.8. The lowest BCUT2D eigenvalue weighted by molar-refractivity contribution is 0.528. The van der Waals surface area contributed by atoms with Gasteiger partial charge in [-0.3, -0.25) is 4.57 Å². The lowest BCUT2D eigenvalue weighted by Crippen LogP contribution is -2.03. The van der Waals surface area contributed by atoms with Crippen LogP contribution in [0.3, 0.4) is 0 Å². The molecule has 154 valence electrons. The van der Waals surface area contributed by atoms with E-state index in [-0.39, 0.29) is 0 Å². The van der Waals surface area contributed by atoms with Crippen LogP contribution in [0.4, 0.5) is 0 Å². The van der Waals surface area contributed by atoms with Gasteiger partial charge in [0.05, 0.1) is 27.8 Å². The molecule has 0 amide bonds. The van der Waals surface area contributed by atoms with Gasteiger partial charge in [-0.15, -0.1) is 31.7 Å². The fraction of sp³-hybridized carbons (Fsp3) is 0.0909. The molecule has 0 unspecified atom stereocenters. The van der Waals surface area contributed by atoms with Gasteiger partial charge in [0.15, 0.2) is 11.0 Å². The predicted octanol–water partition coefficient (Wildman–Crippen LogP) is 6.05. The summed E-state index contributed by atoms with van der Waals surface area (Å²) in [5.74, 6) is 2.25. The molecular weight excluding hydrogens is 450 g/mol. The van der Waals surface area contributed by atoms with E-state index >= 15 is 0 Å². The highest BCUT2D eigenvalue weighted by molar-refractivity contribution is 7.98. The Balaban J connectivity index is 1.39. The minimum Gasteiger partial charge on any atom is -0.420 e. The summed E-state index contributed by atoms with van der Waals surface area (Å²) in [6.45, 7) is 0.679. The molecule has 0 aliphatic heterocycles. The maximum absolute atomic E-state index is 6.24. The highest BCUT2D eigenvalue weighted by atomic mass is 35.5. The molecule has 0 fully saturated rings. The van der Waals surface area contributed by atoms with Crippen molar-refractivity contribution >= 4 is 34.7 Å². The van der Waals surface area contributed by atoms with Crippen molar-refractivity contribution in [1.29, 1.82) is 0 Å². The normalized spacial score (nSPS) is 11.1. The zero-order valence-corrected chi connectivity index (χ0v) is 18.6. The fourth-order valence-electron chi connectivity index (χ4n) is 3.07. The molecule has 0 saturated heterocycles. The molecule has 3 heterocycles. The number of aromatic nitrogens is 5. The number of thiophene rings is 1. The second kappa shape index (κ2) is 9.05. The van der Waals surface area contributed by atoms with E-state index in [9.17, 15) is 0 Å². The Kier molecular flexibility index (Phi) is 5.84. The second-order valence-electron chi connectivity index (χ2n) is 6.62. The number of benzene rings is 2. The summed E-state index contributed by atoms with van der Waals surface area (Å²) in [6.07, 6.45) is 0.